The molecule has 2 unspecified atom stereocenters. The van der Waals surface area contributed by atoms with Crippen molar-refractivity contribution < 1.29 is 19.5 Å². The van der Waals surface area contributed by atoms with Gasteiger partial charge in [0.2, 0.25) is 11.8 Å². The summed E-state index contributed by atoms with van der Waals surface area (Å²) in [7, 11) is 0. The third-order valence-corrected chi connectivity index (χ3v) is 4.32. The number of fused-ring (bicyclic) bond motifs is 1. The molecule has 2 amide bonds. The Hall–Kier alpha value is -3.60. The van der Waals surface area contributed by atoms with Crippen molar-refractivity contribution in [3.63, 3.8) is 0 Å². The summed E-state index contributed by atoms with van der Waals surface area (Å²) in [4.78, 5) is 43.0. The summed E-state index contributed by atoms with van der Waals surface area (Å²) in [6.07, 6.45) is 3.54. The van der Waals surface area contributed by atoms with Gasteiger partial charge in [0, 0.05) is 30.1 Å². The summed E-state index contributed by atoms with van der Waals surface area (Å²) < 4.78 is 0. The molecule has 1 radical (unpaired) electrons. The van der Waals surface area contributed by atoms with Crippen molar-refractivity contribution in [3.05, 3.63) is 42.4 Å². The fourth-order valence-corrected chi connectivity index (χ4v) is 2.88. The normalized spacial score (nSPS) is 12.7. The van der Waals surface area contributed by atoms with E-state index in [4.69, 9.17) is 17.2 Å². The highest BCUT2D eigenvalue weighted by Gasteiger charge is 2.27. The molecule has 2 rings (SSSR count). The number of carbonyl (C=O) groups is 3. The molecular weight excluding hydrogens is 390 g/mol. The topological polar surface area (TPSA) is 202 Å². The van der Waals surface area contributed by atoms with Crippen LogP contribution in [0.2, 0.25) is 0 Å². The highest BCUT2D eigenvalue weighted by molar-refractivity contribution is 5.92. The SMILES string of the molecule is NCC(=O)NC([CH]CCN=C(N)N)C(=O)NC(Cc1c[nH]c2ccccc12)C(=O)O. The van der Waals surface area contributed by atoms with Crippen LogP contribution in [0.1, 0.15) is 12.0 Å². The number of amides is 2. The maximum Gasteiger partial charge on any atom is 0.326 e. The van der Waals surface area contributed by atoms with Gasteiger partial charge in [-0.3, -0.25) is 14.6 Å². The van der Waals surface area contributed by atoms with E-state index in [1.54, 1.807) is 6.20 Å². The van der Waals surface area contributed by atoms with Crippen LogP contribution in [-0.4, -0.2) is 59.0 Å². The Kier molecular flexibility index (Phi) is 8.18. The first kappa shape index (κ1) is 22.7. The van der Waals surface area contributed by atoms with E-state index in [0.29, 0.717) is 0 Å². The number of carbonyl (C=O) groups excluding carboxylic acids is 2. The number of carboxylic acid groups (broad SMARTS) is 1. The third kappa shape index (κ3) is 6.48. The number of aliphatic imine (C=N–C) groups is 1. The van der Waals surface area contributed by atoms with Gasteiger partial charge in [0.15, 0.2) is 5.96 Å². The van der Waals surface area contributed by atoms with Gasteiger partial charge in [-0.25, -0.2) is 4.79 Å². The molecule has 0 spiro atoms. The standard InChI is InChI=1S/C19H26N7O4/c20-9-16(27)25-14(6-3-7-23-19(21)22)17(28)26-15(18(29)30)8-11-10-24-13-5-2-1-4-12(11)13/h1-2,4-6,10,14-15,24H,3,7-9,20H2,(H,25,27)(H,26,28)(H,29,30)(H4,21,22,23). The molecule has 11 nitrogen and oxygen atoms in total. The van der Waals surface area contributed by atoms with Gasteiger partial charge in [-0.2, -0.15) is 0 Å². The Labute approximate surface area is 173 Å². The van der Waals surface area contributed by atoms with Crippen LogP contribution in [-0.2, 0) is 20.8 Å². The van der Waals surface area contributed by atoms with Gasteiger partial charge in [0.25, 0.3) is 0 Å². The molecule has 11 heteroatoms. The second-order valence-electron chi connectivity index (χ2n) is 6.54. The monoisotopic (exact) mass is 416 g/mol. The molecule has 30 heavy (non-hydrogen) atoms. The average molecular weight is 416 g/mol. The van der Waals surface area contributed by atoms with Gasteiger partial charge in [-0.15, -0.1) is 0 Å². The predicted octanol–water partition coefficient (Wildman–Crippen LogP) is -1.41. The van der Waals surface area contributed by atoms with Crippen LogP contribution in [0.4, 0.5) is 0 Å². The van der Waals surface area contributed by atoms with Crippen molar-refractivity contribution in [2.24, 2.45) is 22.2 Å². The molecule has 0 bridgehead atoms. The summed E-state index contributed by atoms with van der Waals surface area (Å²) in [5.74, 6) is -2.52. The lowest BCUT2D eigenvalue weighted by atomic mass is 10.0. The molecule has 0 saturated heterocycles. The Morgan fingerprint density at radius 1 is 1.20 bits per heavy atom. The fourth-order valence-electron chi connectivity index (χ4n) is 2.88. The number of nitrogens with one attached hydrogen (secondary N) is 3. The zero-order valence-electron chi connectivity index (χ0n) is 16.3. The van der Waals surface area contributed by atoms with E-state index >= 15 is 0 Å². The van der Waals surface area contributed by atoms with Crippen molar-refractivity contribution in [1.82, 2.24) is 15.6 Å². The first-order chi connectivity index (χ1) is 14.3. The Morgan fingerprint density at radius 2 is 1.93 bits per heavy atom. The quantitative estimate of drug-likeness (QED) is 0.132. The second-order valence-corrected chi connectivity index (χ2v) is 6.54. The Balaban J connectivity index is 2.09. The zero-order valence-corrected chi connectivity index (χ0v) is 16.3. The highest BCUT2D eigenvalue weighted by Crippen LogP contribution is 2.19. The maximum atomic E-state index is 12.7. The number of nitrogens with zero attached hydrogens (tertiary/aromatic N) is 1. The molecule has 0 saturated carbocycles. The van der Waals surface area contributed by atoms with Crippen LogP contribution in [0, 0.1) is 6.42 Å². The fraction of sp³-hybridized carbons (Fsp3) is 0.316. The summed E-state index contributed by atoms with van der Waals surface area (Å²) >= 11 is 0. The lowest BCUT2D eigenvalue weighted by Crippen LogP contribution is -2.53. The van der Waals surface area contributed by atoms with E-state index in [2.05, 4.69) is 20.6 Å². The highest BCUT2D eigenvalue weighted by atomic mass is 16.4. The minimum Gasteiger partial charge on any atom is -0.480 e. The van der Waals surface area contributed by atoms with Gasteiger partial charge >= 0.3 is 5.97 Å². The number of aromatic amines is 1. The zero-order chi connectivity index (χ0) is 22.1. The second kappa shape index (κ2) is 10.8. The number of hydrogen-bond acceptors (Lipinski definition) is 5. The van der Waals surface area contributed by atoms with E-state index in [0.717, 1.165) is 16.5 Å². The molecule has 0 aliphatic rings. The molecule has 0 fully saturated rings. The van der Waals surface area contributed by atoms with Gasteiger partial charge in [-0.05, 0) is 24.5 Å². The van der Waals surface area contributed by atoms with Crippen LogP contribution in [0.5, 0.6) is 0 Å². The number of nitrogens with two attached hydrogens (primary N) is 3. The van der Waals surface area contributed by atoms with Gasteiger partial charge in [0.05, 0.1) is 6.54 Å². The molecular formula is C19H26N7O4. The summed E-state index contributed by atoms with van der Waals surface area (Å²) in [5.41, 5.74) is 17.4. The number of guanidine groups is 1. The molecule has 0 aliphatic heterocycles. The van der Waals surface area contributed by atoms with Gasteiger partial charge in [0.1, 0.15) is 12.1 Å². The largest absolute Gasteiger partial charge is 0.480 e. The first-order valence-corrected chi connectivity index (χ1v) is 9.28. The van der Waals surface area contributed by atoms with Crippen molar-refractivity contribution in [2.75, 3.05) is 13.1 Å². The number of benzene rings is 1. The molecule has 1 aromatic heterocycles. The van der Waals surface area contributed by atoms with Crippen molar-refractivity contribution in [1.29, 1.82) is 0 Å². The molecule has 10 N–H and O–H groups in total. The van der Waals surface area contributed by atoms with E-state index in [1.807, 2.05) is 24.3 Å². The van der Waals surface area contributed by atoms with E-state index < -0.39 is 29.9 Å². The summed E-state index contributed by atoms with van der Waals surface area (Å²) in [6, 6.07) is 5.17. The minimum absolute atomic E-state index is 0.0661. The minimum atomic E-state index is -1.20. The molecule has 1 heterocycles. The van der Waals surface area contributed by atoms with Crippen LogP contribution in [0.3, 0.4) is 0 Å². The van der Waals surface area contributed by atoms with Crippen molar-refractivity contribution in [3.8, 4) is 0 Å². The molecule has 0 aliphatic carbocycles. The molecule has 1 aromatic carbocycles. The number of hydrogen-bond donors (Lipinski definition) is 7. The van der Waals surface area contributed by atoms with E-state index in [9.17, 15) is 19.5 Å². The molecule has 161 valence electrons. The smallest absolute Gasteiger partial charge is 0.326 e. The lowest BCUT2D eigenvalue weighted by molar-refractivity contribution is -0.142. The predicted molar refractivity (Wildman–Crippen MR) is 112 cm³/mol. The van der Waals surface area contributed by atoms with Crippen LogP contribution in [0.15, 0.2) is 35.5 Å². The van der Waals surface area contributed by atoms with Crippen molar-refractivity contribution in [2.45, 2.75) is 24.9 Å². The summed E-state index contributed by atoms with van der Waals surface area (Å²) in [5, 5.41) is 15.4. The molecule has 2 aromatic rings. The average Bonchev–Trinajstić information content (AvgIpc) is 3.12. The Morgan fingerprint density at radius 3 is 2.60 bits per heavy atom. The summed E-state index contributed by atoms with van der Waals surface area (Å²) in [6.45, 7) is -0.106. The van der Waals surface area contributed by atoms with E-state index in [-0.39, 0.29) is 31.9 Å². The number of carboxylic acids is 1. The van der Waals surface area contributed by atoms with Gasteiger partial charge in [-0.1, -0.05) is 18.2 Å². The number of rotatable bonds is 11. The molecule has 2 atom stereocenters. The number of para-hydroxylation sites is 1. The number of aromatic nitrogens is 1. The lowest BCUT2D eigenvalue weighted by Gasteiger charge is -2.21. The van der Waals surface area contributed by atoms with Crippen LogP contribution >= 0.6 is 0 Å². The first-order valence-electron chi connectivity index (χ1n) is 9.28. The maximum absolute atomic E-state index is 12.7. The number of aliphatic carboxylic acids is 1. The third-order valence-electron chi connectivity index (χ3n) is 4.32. The Bertz CT molecular complexity index is 920. The van der Waals surface area contributed by atoms with Crippen molar-refractivity contribution >= 4 is 34.6 Å². The van der Waals surface area contributed by atoms with E-state index in [1.165, 1.54) is 6.42 Å². The number of H-pyrrole nitrogens is 1. The van der Waals surface area contributed by atoms with Crippen LogP contribution < -0.4 is 27.8 Å². The van der Waals surface area contributed by atoms with Gasteiger partial charge < -0.3 is 37.9 Å². The van der Waals surface area contributed by atoms with Crippen LogP contribution in [0.25, 0.3) is 10.9 Å².